The molecular weight excluding hydrogens is 426 g/mol. The Morgan fingerprint density at radius 1 is 1.12 bits per heavy atom. The van der Waals surface area contributed by atoms with Crippen LogP contribution in [-0.4, -0.2) is 23.6 Å². The molecule has 6 nitrogen and oxygen atoms in total. The number of nitriles is 1. The number of hydrogen-bond donors (Lipinski definition) is 1. The van der Waals surface area contributed by atoms with Gasteiger partial charge in [-0.15, -0.1) is 0 Å². The van der Waals surface area contributed by atoms with Crippen molar-refractivity contribution in [2.24, 2.45) is 0 Å². The number of rotatable bonds is 5. The van der Waals surface area contributed by atoms with Gasteiger partial charge in [0.25, 0.3) is 5.91 Å². The summed E-state index contributed by atoms with van der Waals surface area (Å²) in [5, 5.41) is 12.9. The van der Waals surface area contributed by atoms with E-state index in [2.05, 4.69) is 5.32 Å². The Morgan fingerprint density at radius 3 is 2.44 bits per heavy atom. The molecule has 0 aliphatic carbocycles. The standard InChI is InChI=1S/C25H22ClN3O3/c1-15-12-19(17(3)29(15)21-10-8-18(9-11-21)25(31)32-4)13-20(14-27)24(30)28-23-7-5-6-22(26)16(23)2/h5-13H,1-4H3,(H,28,30)/b20-13-. The third-order valence-electron chi connectivity index (χ3n) is 5.20. The Morgan fingerprint density at radius 2 is 1.81 bits per heavy atom. The highest BCUT2D eigenvalue weighted by Crippen LogP contribution is 2.25. The Hall–Kier alpha value is -3.82. The van der Waals surface area contributed by atoms with Crippen LogP contribution in [0.4, 0.5) is 5.69 Å². The molecule has 0 saturated heterocycles. The van der Waals surface area contributed by atoms with E-state index in [1.807, 2.05) is 42.7 Å². The van der Waals surface area contributed by atoms with Gasteiger partial charge < -0.3 is 14.6 Å². The summed E-state index contributed by atoms with van der Waals surface area (Å²) < 4.78 is 6.73. The van der Waals surface area contributed by atoms with Gasteiger partial charge in [0.15, 0.2) is 0 Å². The van der Waals surface area contributed by atoms with Gasteiger partial charge >= 0.3 is 5.97 Å². The molecule has 1 aromatic heterocycles. The number of carbonyl (C=O) groups is 2. The van der Waals surface area contributed by atoms with Crippen molar-refractivity contribution in [3.63, 3.8) is 0 Å². The second kappa shape index (κ2) is 9.54. The minimum absolute atomic E-state index is 0.0225. The van der Waals surface area contributed by atoms with Gasteiger partial charge in [-0.1, -0.05) is 17.7 Å². The summed E-state index contributed by atoms with van der Waals surface area (Å²) >= 11 is 6.12. The van der Waals surface area contributed by atoms with Gasteiger partial charge in [0.05, 0.1) is 12.7 Å². The van der Waals surface area contributed by atoms with Gasteiger partial charge in [-0.2, -0.15) is 5.26 Å². The minimum atomic E-state index is -0.509. The van der Waals surface area contributed by atoms with Crippen LogP contribution in [0.3, 0.4) is 0 Å². The van der Waals surface area contributed by atoms with Crippen LogP contribution in [0.2, 0.25) is 5.02 Å². The SMILES string of the molecule is COC(=O)c1ccc(-n2c(C)cc(/C=C(/C#N)C(=O)Nc3cccc(Cl)c3C)c2C)cc1. The number of ether oxygens (including phenoxy) is 1. The summed E-state index contributed by atoms with van der Waals surface area (Å²) in [6.45, 7) is 5.63. The summed E-state index contributed by atoms with van der Waals surface area (Å²) in [6, 6.07) is 16.1. The number of aryl methyl sites for hydroxylation is 1. The normalized spacial score (nSPS) is 11.1. The highest BCUT2D eigenvalue weighted by molar-refractivity contribution is 6.31. The fourth-order valence-electron chi connectivity index (χ4n) is 3.43. The number of nitrogens with zero attached hydrogens (tertiary/aromatic N) is 2. The lowest BCUT2D eigenvalue weighted by atomic mass is 10.1. The molecule has 0 radical (unpaired) electrons. The van der Waals surface area contributed by atoms with Crippen molar-refractivity contribution in [2.75, 3.05) is 12.4 Å². The summed E-state index contributed by atoms with van der Waals surface area (Å²) in [5.74, 6) is -0.911. The van der Waals surface area contributed by atoms with Crippen LogP contribution in [0, 0.1) is 32.1 Å². The first-order valence-electron chi connectivity index (χ1n) is 9.82. The number of hydrogen-bond acceptors (Lipinski definition) is 4. The largest absolute Gasteiger partial charge is 0.465 e. The number of carbonyl (C=O) groups excluding carboxylic acids is 2. The molecule has 1 N–H and O–H groups in total. The number of aromatic nitrogens is 1. The summed E-state index contributed by atoms with van der Waals surface area (Å²) in [6.07, 6.45) is 1.57. The van der Waals surface area contributed by atoms with Crippen molar-refractivity contribution >= 4 is 35.2 Å². The van der Waals surface area contributed by atoms with Crippen molar-refractivity contribution in [2.45, 2.75) is 20.8 Å². The Kier molecular flexibility index (Phi) is 6.82. The van der Waals surface area contributed by atoms with Crippen LogP contribution in [0.25, 0.3) is 11.8 Å². The molecule has 0 unspecified atom stereocenters. The highest BCUT2D eigenvalue weighted by Gasteiger charge is 2.15. The molecule has 1 amide bonds. The quantitative estimate of drug-likeness (QED) is 0.323. The maximum atomic E-state index is 12.7. The molecule has 0 atom stereocenters. The predicted molar refractivity (Wildman–Crippen MR) is 125 cm³/mol. The fourth-order valence-corrected chi connectivity index (χ4v) is 3.61. The average Bonchev–Trinajstić information content (AvgIpc) is 3.07. The van der Waals surface area contributed by atoms with Gasteiger partial charge in [0.1, 0.15) is 11.6 Å². The molecule has 32 heavy (non-hydrogen) atoms. The van der Waals surface area contributed by atoms with Gasteiger partial charge in [-0.3, -0.25) is 4.79 Å². The first-order chi connectivity index (χ1) is 15.3. The Labute approximate surface area is 191 Å². The summed E-state index contributed by atoms with van der Waals surface area (Å²) in [5.41, 5.74) is 5.09. The first kappa shape index (κ1) is 22.9. The third kappa shape index (κ3) is 4.58. The van der Waals surface area contributed by atoms with E-state index in [0.717, 1.165) is 28.2 Å². The predicted octanol–water partition coefficient (Wildman–Crippen LogP) is 5.39. The number of amides is 1. The van der Waals surface area contributed by atoms with E-state index in [1.165, 1.54) is 7.11 Å². The number of halogens is 1. The zero-order chi connectivity index (χ0) is 23.4. The zero-order valence-electron chi connectivity index (χ0n) is 18.2. The number of anilines is 1. The van der Waals surface area contributed by atoms with Crippen LogP contribution in [0.5, 0.6) is 0 Å². The van der Waals surface area contributed by atoms with E-state index < -0.39 is 11.9 Å². The lowest BCUT2D eigenvalue weighted by Gasteiger charge is -2.10. The number of methoxy groups -OCH3 is 1. The molecule has 3 aromatic rings. The van der Waals surface area contributed by atoms with Crippen LogP contribution in [0.15, 0.2) is 54.1 Å². The monoisotopic (exact) mass is 447 g/mol. The van der Waals surface area contributed by atoms with Gasteiger partial charge in [0.2, 0.25) is 0 Å². The maximum Gasteiger partial charge on any atom is 0.337 e. The molecule has 0 saturated carbocycles. The van der Waals surface area contributed by atoms with Gasteiger partial charge in [-0.25, -0.2) is 4.79 Å². The van der Waals surface area contributed by atoms with E-state index in [-0.39, 0.29) is 5.57 Å². The second-order valence-corrected chi connectivity index (χ2v) is 7.64. The molecule has 1 heterocycles. The topological polar surface area (TPSA) is 84.1 Å². The maximum absolute atomic E-state index is 12.7. The number of benzene rings is 2. The van der Waals surface area contributed by atoms with Crippen molar-refractivity contribution in [1.82, 2.24) is 4.57 Å². The molecule has 0 aliphatic rings. The van der Waals surface area contributed by atoms with E-state index in [1.54, 1.807) is 43.3 Å². The number of esters is 1. The Bertz CT molecular complexity index is 1260. The highest BCUT2D eigenvalue weighted by atomic mass is 35.5. The molecular formula is C25H22ClN3O3. The van der Waals surface area contributed by atoms with Gasteiger partial charge in [-0.05, 0) is 80.4 Å². The average molecular weight is 448 g/mol. The van der Waals surface area contributed by atoms with Crippen LogP contribution in [0.1, 0.15) is 32.9 Å². The van der Waals surface area contributed by atoms with Gasteiger partial charge in [0, 0.05) is 27.8 Å². The van der Waals surface area contributed by atoms with E-state index >= 15 is 0 Å². The lowest BCUT2D eigenvalue weighted by Crippen LogP contribution is -2.14. The summed E-state index contributed by atoms with van der Waals surface area (Å²) in [7, 11) is 1.34. The smallest absolute Gasteiger partial charge is 0.337 e. The van der Waals surface area contributed by atoms with Crippen LogP contribution >= 0.6 is 11.6 Å². The van der Waals surface area contributed by atoms with Crippen LogP contribution in [-0.2, 0) is 9.53 Å². The number of nitrogens with one attached hydrogen (secondary N) is 1. The molecule has 3 rings (SSSR count). The molecule has 162 valence electrons. The minimum Gasteiger partial charge on any atom is -0.465 e. The lowest BCUT2D eigenvalue weighted by molar-refractivity contribution is -0.112. The van der Waals surface area contributed by atoms with Crippen molar-refractivity contribution in [3.05, 3.63) is 87.2 Å². The fraction of sp³-hybridized carbons (Fsp3) is 0.160. The zero-order valence-corrected chi connectivity index (χ0v) is 18.9. The molecule has 0 fully saturated rings. The molecule has 0 aliphatic heterocycles. The van der Waals surface area contributed by atoms with E-state index in [4.69, 9.17) is 16.3 Å². The first-order valence-corrected chi connectivity index (χ1v) is 10.2. The third-order valence-corrected chi connectivity index (χ3v) is 5.61. The molecule has 0 bridgehead atoms. The molecule has 0 spiro atoms. The molecule has 7 heteroatoms. The van der Waals surface area contributed by atoms with Crippen molar-refractivity contribution in [1.29, 1.82) is 5.26 Å². The van der Waals surface area contributed by atoms with Crippen molar-refractivity contribution < 1.29 is 14.3 Å². The van der Waals surface area contributed by atoms with Crippen molar-refractivity contribution in [3.8, 4) is 11.8 Å². The van der Waals surface area contributed by atoms with E-state index in [9.17, 15) is 14.9 Å². The second-order valence-electron chi connectivity index (χ2n) is 7.24. The molecule has 2 aromatic carbocycles. The van der Waals surface area contributed by atoms with E-state index in [0.29, 0.717) is 16.3 Å². The Balaban J connectivity index is 1.92. The summed E-state index contributed by atoms with van der Waals surface area (Å²) in [4.78, 5) is 24.4. The van der Waals surface area contributed by atoms with Crippen LogP contribution < -0.4 is 5.32 Å².